The minimum Gasteiger partial charge on any atom is -0.359 e. The predicted molar refractivity (Wildman–Crippen MR) is 47.5 cm³/mol. The van der Waals surface area contributed by atoms with Crippen molar-refractivity contribution in [3.05, 3.63) is 35.1 Å². The highest BCUT2D eigenvalue weighted by molar-refractivity contribution is 5.92. The first kappa shape index (κ1) is 12.0. The topological polar surface area (TPSA) is 43.1 Å². The standard InChI is InChI=1S/C10H5F4NO/c11-9-6(4-5-8(15)16)2-1-3-7(9)10(12,13)14/h1-3H,(H2,15,16). The van der Waals surface area contributed by atoms with Crippen molar-refractivity contribution >= 4 is 5.91 Å². The van der Waals surface area contributed by atoms with E-state index in [0.29, 0.717) is 6.07 Å². The van der Waals surface area contributed by atoms with E-state index in [2.05, 4.69) is 5.73 Å². The lowest BCUT2D eigenvalue weighted by Crippen LogP contribution is -2.09. The van der Waals surface area contributed by atoms with E-state index in [4.69, 9.17) is 0 Å². The van der Waals surface area contributed by atoms with Crippen LogP contribution in [0.25, 0.3) is 0 Å². The van der Waals surface area contributed by atoms with Crippen LogP contribution in [0.1, 0.15) is 11.1 Å². The van der Waals surface area contributed by atoms with E-state index in [-0.39, 0.29) is 0 Å². The Labute approximate surface area is 88.1 Å². The molecule has 0 aromatic heterocycles. The molecule has 1 amide bonds. The molecule has 0 fully saturated rings. The van der Waals surface area contributed by atoms with Crippen LogP contribution in [0.2, 0.25) is 0 Å². The molecule has 0 radical (unpaired) electrons. The van der Waals surface area contributed by atoms with Crippen molar-refractivity contribution in [3.63, 3.8) is 0 Å². The van der Waals surface area contributed by atoms with E-state index in [1.807, 2.05) is 5.92 Å². The molecule has 0 saturated heterocycles. The molecule has 0 bridgehead atoms. The molecule has 2 nitrogen and oxygen atoms in total. The Morgan fingerprint density at radius 3 is 2.44 bits per heavy atom. The maximum absolute atomic E-state index is 13.2. The molecule has 1 aromatic rings. The number of alkyl halides is 3. The third-order valence-corrected chi connectivity index (χ3v) is 1.62. The lowest BCUT2D eigenvalue weighted by molar-refractivity contribution is -0.140. The van der Waals surface area contributed by atoms with Gasteiger partial charge >= 0.3 is 6.18 Å². The molecule has 84 valence electrons. The Kier molecular flexibility index (Phi) is 3.18. The number of hydrogen-bond donors (Lipinski definition) is 1. The highest BCUT2D eigenvalue weighted by Crippen LogP contribution is 2.32. The molecule has 0 spiro atoms. The van der Waals surface area contributed by atoms with Gasteiger partial charge in [-0.05, 0) is 12.1 Å². The monoisotopic (exact) mass is 231 g/mol. The lowest BCUT2D eigenvalue weighted by Gasteiger charge is -2.08. The summed E-state index contributed by atoms with van der Waals surface area (Å²) in [7, 11) is 0. The van der Waals surface area contributed by atoms with Crippen LogP contribution in [0.15, 0.2) is 18.2 Å². The van der Waals surface area contributed by atoms with E-state index in [1.165, 1.54) is 0 Å². The number of primary amides is 1. The van der Waals surface area contributed by atoms with Gasteiger partial charge in [0.1, 0.15) is 0 Å². The zero-order chi connectivity index (χ0) is 12.3. The average Bonchev–Trinajstić information content (AvgIpc) is 2.14. The van der Waals surface area contributed by atoms with Crippen molar-refractivity contribution in [2.45, 2.75) is 6.18 Å². The van der Waals surface area contributed by atoms with E-state index in [1.54, 1.807) is 5.92 Å². The van der Waals surface area contributed by atoms with Gasteiger partial charge in [0.2, 0.25) is 0 Å². The first-order valence-corrected chi connectivity index (χ1v) is 3.99. The molecule has 0 aliphatic heterocycles. The third kappa shape index (κ3) is 2.73. The molecule has 6 heteroatoms. The summed E-state index contributed by atoms with van der Waals surface area (Å²) < 4.78 is 50.0. The van der Waals surface area contributed by atoms with Crippen LogP contribution in [0, 0.1) is 17.7 Å². The number of carbonyl (C=O) groups excluding carboxylic acids is 1. The largest absolute Gasteiger partial charge is 0.419 e. The number of benzene rings is 1. The first-order chi connectivity index (χ1) is 7.32. The van der Waals surface area contributed by atoms with Crippen LogP contribution in [0.4, 0.5) is 17.6 Å². The number of amides is 1. The molecule has 16 heavy (non-hydrogen) atoms. The van der Waals surface area contributed by atoms with Gasteiger partial charge < -0.3 is 5.73 Å². The van der Waals surface area contributed by atoms with Crippen LogP contribution < -0.4 is 5.73 Å². The summed E-state index contributed by atoms with van der Waals surface area (Å²) in [4.78, 5) is 10.3. The number of nitrogens with two attached hydrogens (primary N) is 1. The lowest BCUT2D eigenvalue weighted by atomic mass is 10.1. The maximum atomic E-state index is 13.2. The smallest absolute Gasteiger partial charge is 0.359 e. The summed E-state index contributed by atoms with van der Waals surface area (Å²) in [6, 6.07) is 2.61. The van der Waals surface area contributed by atoms with E-state index in [9.17, 15) is 22.4 Å². The molecular formula is C10H5F4NO. The number of halogens is 4. The SMILES string of the molecule is NC(=O)C#Cc1cccc(C(F)(F)F)c1F. The van der Waals surface area contributed by atoms with E-state index in [0.717, 1.165) is 12.1 Å². The van der Waals surface area contributed by atoms with Crippen molar-refractivity contribution in [1.29, 1.82) is 0 Å². The fraction of sp³-hybridized carbons (Fsp3) is 0.100. The fourth-order valence-electron chi connectivity index (χ4n) is 0.976. The van der Waals surface area contributed by atoms with Crippen LogP contribution in [-0.2, 0) is 11.0 Å². The average molecular weight is 231 g/mol. The normalized spacial score (nSPS) is 10.5. The van der Waals surface area contributed by atoms with Gasteiger partial charge in [-0.25, -0.2) is 4.39 Å². The Bertz CT molecular complexity index is 482. The summed E-state index contributed by atoms with van der Waals surface area (Å²) in [6.07, 6.45) is -4.80. The van der Waals surface area contributed by atoms with Crippen LogP contribution in [0.5, 0.6) is 0 Å². The zero-order valence-corrected chi connectivity index (χ0v) is 7.73. The molecular weight excluding hydrogens is 226 g/mol. The maximum Gasteiger partial charge on any atom is 0.419 e. The second kappa shape index (κ2) is 4.23. The minimum atomic E-state index is -4.80. The Balaban J connectivity index is 3.27. The number of carbonyl (C=O) groups is 1. The second-order valence-electron chi connectivity index (χ2n) is 2.78. The minimum absolute atomic E-state index is 0.520. The quantitative estimate of drug-likeness (QED) is 0.535. The predicted octanol–water partition coefficient (Wildman–Crippen LogP) is 1.68. The van der Waals surface area contributed by atoms with Gasteiger partial charge in [0, 0.05) is 5.92 Å². The Morgan fingerprint density at radius 1 is 1.31 bits per heavy atom. The molecule has 2 N–H and O–H groups in total. The van der Waals surface area contributed by atoms with E-state index >= 15 is 0 Å². The van der Waals surface area contributed by atoms with Crippen molar-refractivity contribution in [1.82, 2.24) is 0 Å². The van der Waals surface area contributed by atoms with Gasteiger partial charge in [-0.2, -0.15) is 13.2 Å². The van der Waals surface area contributed by atoms with Gasteiger partial charge in [0.15, 0.2) is 5.82 Å². The summed E-state index contributed by atoms with van der Waals surface area (Å²) in [5.74, 6) is 1.13. The third-order valence-electron chi connectivity index (χ3n) is 1.62. The molecule has 1 aromatic carbocycles. The van der Waals surface area contributed by atoms with Gasteiger partial charge in [-0.3, -0.25) is 4.79 Å². The van der Waals surface area contributed by atoms with Crippen molar-refractivity contribution in [3.8, 4) is 11.8 Å². The molecule has 0 aliphatic carbocycles. The molecule has 0 saturated carbocycles. The first-order valence-electron chi connectivity index (χ1n) is 3.99. The second-order valence-corrected chi connectivity index (χ2v) is 2.78. The summed E-state index contributed by atoms with van der Waals surface area (Å²) in [6.45, 7) is 0. The van der Waals surface area contributed by atoms with Gasteiger partial charge in [0.25, 0.3) is 5.91 Å². The van der Waals surface area contributed by atoms with E-state index < -0.39 is 29.0 Å². The zero-order valence-electron chi connectivity index (χ0n) is 7.73. The Morgan fingerprint density at radius 2 is 1.94 bits per heavy atom. The summed E-state index contributed by atoms with van der Waals surface area (Å²) >= 11 is 0. The van der Waals surface area contributed by atoms with Crippen molar-refractivity contribution < 1.29 is 22.4 Å². The Hall–Kier alpha value is -2.03. The van der Waals surface area contributed by atoms with Crippen LogP contribution in [-0.4, -0.2) is 5.91 Å². The van der Waals surface area contributed by atoms with Gasteiger partial charge in [-0.15, -0.1) is 0 Å². The van der Waals surface area contributed by atoms with Crippen molar-refractivity contribution in [2.24, 2.45) is 5.73 Å². The molecule has 0 unspecified atom stereocenters. The van der Waals surface area contributed by atoms with Crippen molar-refractivity contribution in [2.75, 3.05) is 0 Å². The number of rotatable bonds is 0. The molecule has 0 aliphatic rings. The summed E-state index contributed by atoms with van der Waals surface area (Å²) in [5.41, 5.74) is 2.71. The fourth-order valence-corrected chi connectivity index (χ4v) is 0.976. The molecule has 0 atom stereocenters. The van der Waals surface area contributed by atoms with Gasteiger partial charge in [0.05, 0.1) is 11.1 Å². The summed E-state index contributed by atoms with van der Waals surface area (Å²) in [5, 5.41) is 0. The van der Waals surface area contributed by atoms with Crippen LogP contribution >= 0.6 is 0 Å². The van der Waals surface area contributed by atoms with Gasteiger partial charge in [-0.1, -0.05) is 12.0 Å². The highest BCUT2D eigenvalue weighted by Gasteiger charge is 2.34. The molecule has 0 heterocycles. The van der Waals surface area contributed by atoms with Crippen LogP contribution in [0.3, 0.4) is 0 Å². The highest BCUT2D eigenvalue weighted by atomic mass is 19.4. The number of hydrogen-bond acceptors (Lipinski definition) is 1. The molecule has 1 rings (SSSR count).